The number of nitrogens with zero attached hydrogens (tertiary/aromatic N) is 2. The number of hydrogen-bond donors (Lipinski definition) is 2. The van der Waals surface area contributed by atoms with E-state index in [1.165, 1.54) is 12.3 Å². The number of carbonyl (C=O) groups excluding carboxylic acids is 1. The van der Waals surface area contributed by atoms with E-state index in [1.807, 2.05) is 19.1 Å². The minimum atomic E-state index is -3.51. The molecule has 0 fully saturated rings. The molecule has 1 atom stereocenters. The summed E-state index contributed by atoms with van der Waals surface area (Å²) in [6.45, 7) is 2.43. The molecule has 0 aliphatic carbocycles. The smallest absolute Gasteiger partial charge is 0.251 e. The van der Waals surface area contributed by atoms with Gasteiger partial charge < -0.3 is 10.6 Å². The number of benzene rings is 2. The first-order valence-electron chi connectivity index (χ1n) is 11.6. The first-order chi connectivity index (χ1) is 17.6. The van der Waals surface area contributed by atoms with E-state index >= 15 is 0 Å². The third kappa shape index (κ3) is 5.28. The van der Waals surface area contributed by atoms with Crippen LogP contribution in [-0.4, -0.2) is 37.1 Å². The number of rotatable bonds is 6. The second-order valence-electron chi connectivity index (χ2n) is 9.23. The van der Waals surface area contributed by atoms with Crippen LogP contribution >= 0.6 is 11.6 Å². The summed E-state index contributed by atoms with van der Waals surface area (Å²) in [6, 6.07) is 11.7. The number of aromatic nitrogens is 2. The maximum absolute atomic E-state index is 14.5. The standard InChI is InChI=1S/C27H24ClFN4O3S/c1-15-5-18-6-16(8-25(37(2,35)36)26(18)32-12-15)7-20-9-17(3-4-30-20)27(34)33-13-19-10-21-22(28)14-31-24(21)11-23(19)29/h3-6,8-12,22,31H,7,13-14H2,1-2H3,(H,33,34). The minimum absolute atomic E-state index is 0.00789. The molecular weight excluding hydrogens is 515 g/mol. The Bertz CT molecular complexity index is 1660. The molecule has 37 heavy (non-hydrogen) atoms. The van der Waals surface area contributed by atoms with Gasteiger partial charge in [-0.2, -0.15) is 0 Å². The average Bonchev–Trinajstić information content (AvgIpc) is 3.20. The van der Waals surface area contributed by atoms with Crippen LogP contribution in [0, 0.1) is 12.7 Å². The molecule has 5 rings (SSSR count). The highest BCUT2D eigenvalue weighted by molar-refractivity contribution is 7.91. The molecule has 0 saturated heterocycles. The van der Waals surface area contributed by atoms with Gasteiger partial charge in [0.15, 0.2) is 9.84 Å². The Morgan fingerprint density at radius 3 is 2.78 bits per heavy atom. The van der Waals surface area contributed by atoms with Gasteiger partial charge in [0, 0.05) is 66.1 Å². The Morgan fingerprint density at radius 2 is 2.00 bits per heavy atom. The summed E-state index contributed by atoms with van der Waals surface area (Å²) in [4.78, 5) is 21.7. The van der Waals surface area contributed by atoms with Gasteiger partial charge in [0.1, 0.15) is 5.82 Å². The number of halogens is 2. The largest absolute Gasteiger partial charge is 0.383 e. The van der Waals surface area contributed by atoms with Crippen LogP contribution in [0.4, 0.5) is 10.1 Å². The van der Waals surface area contributed by atoms with Crippen molar-refractivity contribution in [3.63, 3.8) is 0 Å². The summed E-state index contributed by atoms with van der Waals surface area (Å²) >= 11 is 6.27. The van der Waals surface area contributed by atoms with Gasteiger partial charge in [-0.25, -0.2) is 12.8 Å². The van der Waals surface area contributed by atoms with Crippen molar-refractivity contribution in [1.29, 1.82) is 0 Å². The van der Waals surface area contributed by atoms with Crippen molar-refractivity contribution < 1.29 is 17.6 Å². The number of sulfone groups is 1. The van der Waals surface area contributed by atoms with Gasteiger partial charge in [-0.15, -0.1) is 11.6 Å². The lowest BCUT2D eigenvalue weighted by Gasteiger charge is -2.11. The molecule has 0 spiro atoms. The van der Waals surface area contributed by atoms with E-state index in [0.29, 0.717) is 41.0 Å². The second-order valence-corrected chi connectivity index (χ2v) is 11.7. The zero-order chi connectivity index (χ0) is 26.3. The molecule has 1 aliphatic heterocycles. The van der Waals surface area contributed by atoms with Crippen LogP contribution in [0.5, 0.6) is 0 Å². The quantitative estimate of drug-likeness (QED) is 0.345. The highest BCUT2D eigenvalue weighted by Crippen LogP contribution is 2.35. The zero-order valence-electron chi connectivity index (χ0n) is 20.2. The van der Waals surface area contributed by atoms with Crippen LogP contribution in [0.2, 0.25) is 0 Å². The maximum Gasteiger partial charge on any atom is 0.251 e. The summed E-state index contributed by atoms with van der Waals surface area (Å²) in [5.41, 5.74) is 4.86. The molecule has 7 nitrogen and oxygen atoms in total. The van der Waals surface area contributed by atoms with Gasteiger partial charge >= 0.3 is 0 Å². The van der Waals surface area contributed by atoms with E-state index in [1.54, 1.807) is 30.5 Å². The predicted octanol–water partition coefficient (Wildman–Crippen LogP) is 4.71. The Hall–Kier alpha value is -3.56. The molecule has 2 aromatic carbocycles. The lowest BCUT2D eigenvalue weighted by Crippen LogP contribution is -2.23. The summed E-state index contributed by atoms with van der Waals surface area (Å²) in [5.74, 6) is -0.797. The van der Waals surface area contributed by atoms with Crippen LogP contribution in [-0.2, 0) is 22.8 Å². The SMILES string of the molecule is Cc1cnc2c(S(C)(=O)=O)cc(Cc3cc(C(=O)NCc4cc5c(cc4F)NCC5Cl)ccn3)cc2c1. The number of pyridine rings is 2. The van der Waals surface area contributed by atoms with Gasteiger partial charge in [-0.3, -0.25) is 14.8 Å². The Kier molecular flexibility index (Phi) is 6.59. The number of nitrogens with one attached hydrogen (secondary N) is 2. The maximum atomic E-state index is 14.5. The van der Waals surface area contributed by atoms with E-state index in [-0.39, 0.29) is 22.7 Å². The fraction of sp³-hybridized carbons (Fsp3) is 0.222. The first-order valence-corrected chi connectivity index (χ1v) is 13.9. The van der Waals surface area contributed by atoms with Crippen LogP contribution in [0.1, 0.15) is 43.7 Å². The third-order valence-corrected chi connectivity index (χ3v) is 7.77. The van der Waals surface area contributed by atoms with Crippen molar-refractivity contribution in [2.24, 2.45) is 0 Å². The third-order valence-electron chi connectivity index (χ3n) is 6.28. The molecule has 2 aromatic heterocycles. The van der Waals surface area contributed by atoms with Crippen LogP contribution < -0.4 is 10.6 Å². The van der Waals surface area contributed by atoms with Crippen LogP contribution in [0.25, 0.3) is 10.9 Å². The van der Waals surface area contributed by atoms with Crippen molar-refractivity contribution >= 4 is 43.9 Å². The molecule has 0 radical (unpaired) electrons. The molecule has 3 heterocycles. The summed E-state index contributed by atoms with van der Waals surface area (Å²) in [5, 5.41) is 6.29. The number of alkyl halides is 1. The first kappa shape index (κ1) is 25.1. The Morgan fingerprint density at radius 1 is 1.19 bits per heavy atom. The average molecular weight is 539 g/mol. The fourth-order valence-corrected chi connectivity index (χ4v) is 5.61. The second kappa shape index (κ2) is 9.72. The normalized spacial score (nSPS) is 14.9. The van der Waals surface area contributed by atoms with E-state index < -0.39 is 15.7 Å². The zero-order valence-corrected chi connectivity index (χ0v) is 21.8. The molecule has 0 saturated carbocycles. The van der Waals surface area contributed by atoms with Gasteiger partial charge in [0.05, 0.1) is 15.8 Å². The number of carbonyl (C=O) groups is 1. The highest BCUT2D eigenvalue weighted by Gasteiger charge is 2.22. The number of hydrogen-bond acceptors (Lipinski definition) is 6. The molecule has 0 bridgehead atoms. The van der Waals surface area contributed by atoms with E-state index in [0.717, 1.165) is 28.3 Å². The number of aryl methyl sites for hydroxylation is 1. The van der Waals surface area contributed by atoms with Gasteiger partial charge in [0.2, 0.25) is 0 Å². The monoisotopic (exact) mass is 538 g/mol. The number of fused-ring (bicyclic) bond motifs is 2. The predicted molar refractivity (Wildman–Crippen MR) is 141 cm³/mol. The van der Waals surface area contributed by atoms with Crippen molar-refractivity contribution in [3.05, 3.63) is 94.2 Å². The fourth-order valence-electron chi connectivity index (χ4n) is 4.47. The lowest BCUT2D eigenvalue weighted by atomic mass is 10.0. The molecule has 190 valence electrons. The Labute approximate surface area is 219 Å². The van der Waals surface area contributed by atoms with Gasteiger partial charge in [0.25, 0.3) is 5.91 Å². The molecule has 4 aromatic rings. The van der Waals surface area contributed by atoms with Gasteiger partial charge in [-0.1, -0.05) is 0 Å². The van der Waals surface area contributed by atoms with Crippen molar-refractivity contribution in [1.82, 2.24) is 15.3 Å². The molecule has 2 N–H and O–H groups in total. The summed E-state index contributed by atoms with van der Waals surface area (Å²) < 4.78 is 39.3. The number of anilines is 1. The minimum Gasteiger partial charge on any atom is -0.383 e. The Balaban J connectivity index is 1.36. The highest BCUT2D eigenvalue weighted by atomic mass is 35.5. The van der Waals surface area contributed by atoms with E-state index in [9.17, 15) is 17.6 Å². The molecule has 1 unspecified atom stereocenters. The van der Waals surface area contributed by atoms with E-state index in [4.69, 9.17) is 11.6 Å². The summed E-state index contributed by atoms with van der Waals surface area (Å²) in [7, 11) is -3.51. The van der Waals surface area contributed by atoms with E-state index in [2.05, 4.69) is 20.6 Å². The lowest BCUT2D eigenvalue weighted by molar-refractivity contribution is 0.0950. The topological polar surface area (TPSA) is 101 Å². The van der Waals surface area contributed by atoms with Crippen molar-refractivity contribution in [3.8, 4) is 0 Å². The van der Waals surface area contributed by atoms with Crippen LogP contribution in [0.3, 0.4) is 0 Å². The van der Waals surface area contributed by atoms with Crippen molar-refractivity contribution in [2.45, 2.75) is 30.2 Å². The summed E-state index contributed by atoms with van der Waals surface area (Å²) in [6.07, 6.45) is 4.63. The van der Waals surface area contributed by atoms with Crippen molar-refractivity contribution in [2.75, 3.05) is 18.1 Å². The molecule has 10 heteroatoms. The molecular formula is C27H24ClFN4O3S. The molecule has 1 aliphatic rings. The number of amides is 1. The van der Waals surface area contributed by atoms with Gasteiger partial charge in [-0.05, 0) is 66.1 Å². The van der Waals surface area contributed by atoms with Crippen LogP contribution in [0.15, 0.2) is 59.8 Å². The molecule has 1 amide bonds.